The van der Waals surface area contributed by atoms with Crippen LogP contribution in [0.3, 0.4) is 0 Å². The fourth-order valence-corrected chi connectivity index (χ4v) is 2.12. The van der Waals surface area contributed by atoms with Gasteiger partial charge in [0.15, 0.2) is 0 Å². The Kier molecular flexibility index (Phi) is 3.30. The SMILES string of the molecule is O=c1[nH]c(-c2ccc([N+](=O)[O-])cc2)nc2ccc([N+](=O)[O-])cc12. The number of benzene rings is 2. The summed E-state index contributed by atoms with van der Waals surface area (Å²) in [4.78, 5) is 39.1. The highest BCUT2D eigenvalue weighted by molar-refractivity contribution is 5.81. The molecule has 2 aromatic carbocycles. The summed E-state index contributed by atoms with van der Waals surface area (Å²) in [6.07, 6.45) is 0. The second-order valence-corrected chi connectivity index (χ2v) is 4.68. The molecule has 9 heteroatoms. The van der Waals surface area contributed by atoms with Crippen molar-refractivity contribution in [2.45, 2.75) is 0 Å². The van der Waals surface area contributed by atoms with Gasteiger partial charge >= 0.3 is 0 Å². The molecule has 3 aromatic rings. The molecule has 1 aromatic heterocycles. The molecule has 0 spiro atoms. The molecule has 0 aliphatic heterocycles. The van der Waals surface area contributed by atoms with Crippen LogP contribution in [0.15, 0.2) is 47.3 Å². The van der Waals surface area contributed by atoms with Crippen LogP contribution in [0.2, 0.25) is 0 Å². The smallest absolute Gasteiger partial charge is 0.270 e. The summed E-state index contributed by atoms with van der Waals surface area (Å²) in [6, 6.07) is 9.33. The molecule has 1 N–H and O–H groups in total. The van der Waals surface area contributed by atoms with Crippen molar-refractivity contribution in [2.75, 3.05) is 0 Å². The van der Waals surface area contributed by atoms with Crippen LogP contribution in [0.5, 0.6) is 0 Å². The molecule has 3 rings (SSSR count). The van der Waals surface area contributed by atoms with Gasteiger partial charge in [0, 0.05) is 29.8 Å². The minimum Gasteiger partial charge on any atom is -0.306 e. The zero-order valence-electron chi connectivity index (χ0n) is 11.4. The summed E-state index contributed by atoms with van der Waals surface area (Å²) in [7, 11) is 0. The maximum absolute atomic E-state index is 12.1. The molecule has 23 heavy (non-hydrogen) atoms. The maximum atomic E-state index is 12.1. The van der Waals surface area contributed by atoms with Crippen molar-refractivity contribution in [3.8, 4) is 11.4 Å². The van der Waals surface area contributed by atoms with E-state index < -0.39 is 15.4 Å². The van der Waals surface area contributed by atoms with Crippen molar-refractivity contribution in [3.63, 3.8) is 0 Å². The third kappa shape index (κ3) is 2.62. The number of aromatic amines is 1. The van der Waals surface area contributed by atoms with E-state index in [1.807, 2.05) is 0 Å². The number of non-ortho nitro benzene ring substituents is 2. The van der Waals surface area contributed by atoms with Crippen LogP contribution in [0.25, 0.3) is 22.3 Å². The number of hydrogen-bond acceptors (Lipinski definition) is 6. The van der Waals surface area contributed by atoms with Crippen molar-refractivity contribution in [3.05, 3.63) is 73.0 Å². The molecule has 0 saturated heterocycles. The lowest BCUT2D eigenvalue weighted by molar-refractivity contribution is -0.385. The van der Waals surface area contributed by atoms with E-state index in [0.29, 0.717) is 11.1 Å². The topological polar surface area (TPSA) is 132 Å². The van der Waals surface area contributed by atoms with Crippen molar-refractivity contribution < 1.29 is 9.85 Å². The van der Waals surface area contributed by atoms with E-state index in [9.17, 15) is 25.0 Å². The van der Waals surface area contributed by atoms with Crippen LogP contribution in [-0.4, -0.2) is 19.8 Å². The van der Waals surface area contributed by atoms with Crippen molar-refractivity contribution in [2.24, 2.45) is 0 Å². The number of aromatic nitrogens is 2. The monoisotopic (exact) mass is 312 g/mol. The fourth-order valence-electron chi connectivity index (χ4n) is 2.12. The molecule has 9 nitrogen and oxygen atoms in total. The van der Waals surface area contributed by atoms with Gasteiger partial charge in [-0.05, 0) is 18.2 Å². The van der Waals surface area contributed by atoms with E-state index in [1.54, 1.807) is 0 Å². The van der Waals surface area contributed by atoms with Gasteiger partial charge < -0.3 is 4.98 Å². The molecule has 0 amide bonds. The van der Waals surface area contributed by atoms with Crippen LogP contribution in [0.1, 0.15) is 0 Å². The molecule has 0 unspecified atom stereocenters. The summed E-state index contributed by atoms with van der Waals surface area (Å²) < 4.78 is 0. The number of nitrogens with zero attached hydrogens (tertiary/aromatic N) is 3. The van der Waals surface area contributed by atoms with E-state index in [1.165, 1.54) is 36.4 Å². The Morgan fingerprint density at radius 2 is 1.52 bits per heavy atom. The van der Waals surface area contributed by atoms with Gasteiger partial charge in [0.05, 0.1) is 20.7 Å². The second kappa shape index (κ2) is 5.30. The molecule has 0 aliphatic rings. The molecular formula is C14H8N4O5. The number of fused-ring (bicyclic) bond motifs is 1. The molecule has 0 bridgehead atoms. The minimum atomic E-state index is -0.594. The Labute approximate surface area is 127 Å². The van der Waals surface area contributed by atoms with Crippen molar-refractivity contribution in [1.82, 2.24) is 9.97 Å². The zero-order chi connectivity index (χ0) is 16.6. The maximum Gasteiger partial charge on any atom is 0.270 e. The van der Waals surface area contributed by atoms with Gasteiger partial charge in [-0.15, -0.1) is 0 Å². The lowest BCUT2D eigenvalue weighted by atomic mass is 10.1. The van der Waals surface area contributed by atoms with Crippen LogP contribution in [0.4, 0.5) is 11.4 Å². The Morgan fingerprint density at radius 3 is 2.13 bits per heavy atom. The number of rotatable bonds is 3. The van der Waals surface area contributed by atoms with Crippen LogP contribution < -0.4 is 5.56 Å². The molecule has 114 valence electrons. The molecule has 0 atom stereocenters. The third-order valence-electron chi connectivity index (χ3n) is 3.25. The minimum absolute atomic E-state index is 0.0764. The number of nitro groups is 2. The fraction of sp³-hybridized carbons (Fsp3) is 0. The Hall–Kier alpha value is -3.62. The molecule has 0 saturated carbocycles. The Balaban J connectivity index is 2.12. The van der Waals surface area contributed by atoms with Gasteiger partial charge in [0.25, 0.3) is 16.9 Å². The molecule has 0 fully saturated rings. The summed E-state index contributed by atoms with van der Waals surface area (Å²) >= 11 is 0. The summed E-state index contributed by atoms with van der Waals surface area (Å²) in [5, 5.41) is 21.5. The molecular weight excluding hydrogens is 304 g/mol. The van der Waals surface area contributed by atoms with Crippen LogP contribution in [-0.2, 0) is 0 Å². The average molecular weight is 312 g/mol. The third-order valence-corrected chi connectivity index (χ3v) is 3.25. The predicted molar refractivity (Wildman–Crippen MR) is 81.1 cm³/mol. The quantitative estimate of drug-likeness (QED) is 0.583. The number of hydrogen-bond donors (Lipinski definition) is 1. The van der Waals surface area contributed by atoms with Gasteiger partial charge in [-0.25, -0.2) is 4.98 Å². The molecule has 0 aliphatic carbocycles. The highest BCUT2D eigenvalue weighted by Crippen LogP contribution is 2.21. The first-order valence-corrected chi connectivity index (χ1v) is 6.39. The molecule has 1 heterocycles. The zero-order valence-corrected chi connectivity index (χ0v) is 11.4. The van der Waals surface area contributed by atoms with Crippen LogP contribution >= 0.6 is 0 Å². The van der Waals surface area contributed by atoms with E-state index in [0.717, 1.165) is 6.07 Å². The van der Waals surface area contributed by atoms with Crippen molar-refractivity contribution in [1.29, 1.82) is 0 Å². The van der Waals surface area contributed by atoms with Gasteiger partial charge in [-0.2, -0.15) is 0 Å². The Morgan fingerprint density at radius 1 is 0.913 bits per heavy atom. The van der Waals surface area contributed by atoms with Crippen LogP contribution in [0, 0.1) is 20.2 Å². The van der Waals surface area contributed by atoms with E-state index in [4.69, 9.17) is 0 Å². The van der Waals surface area contributed by atoms with E-state index >= 15 is 0 Å². The normalized spacial score (nSPS) is 10.6. The summed E-state index contributed by atoms with van der Waals surface area (Å²) in [6.45, 7) is 0. The highest BCUT2D eigenvalue weighted by Gasteiger charge is 2.12. The van der Waals surface area contributed by atoms with Gasteiger partial charge in [-0.3, -0.25) is 25.0 Å². The lowest BCUT2D eigenvalue weighted by Crippen LogP contribution is -2.09. The Bertz CT molecular complexity index is 994. The second-order valence-electron chi connectivity index (χ2n) is 4.68. The number of H-pyrrole nitrogens is 1. The average Bonchev–Trinajstić information content (AvgIpc) is 2.54. The standard InChI is InChI=1S/C14H8N4O5/c19-14-11-7-10(18(22)23)5-6-12(11)15-13(16-14)8-1-3-9(4-2-8)17(20)21/h1-7H,(H,15,16,19). The first kappa shape index (κ1) is 14.3. The lowest BCUT2D eigenvalue weighted by Gasteiger charge is -2.03. The van der Waals surface area contributed by atoms with Crippen molar-refractivity contribution >= 4 is 22.3 Å². The molecule has 0 radical (unpaired) electrons. The number of nitro benzene ring substituents is 2. The van der Waals surface area contributed by atoms with Gasteiger partial charge in [-0.1, -0.05) is 0 Å². The van der Waals surface area contributed by atoms with Gasteiger partial charge in [0.2, 0.25) is 0 Å². The first-order chi connectivity index (χ1) is 11.0. The largest absolute Gasteiger partial charge is 0.306 e. The van der Waals surface area contributed by atoms with E-state index in [2.05, 4.69) is 9.97 Å². The first-order valence-electron chi connectivity index (χ1n) is 6.39. The van der Waals surface area contributed by atoms with E-state index in [-0.39, 0.29) is 22.6 Å². The number of nitrogens with one attached hydrogen (secondary N) is 1. The summed E-state index contributed by atoms with van der Waals surface area (Å²) in [5.41, 5.74) is -0.00638. The predicted octanol–water partition coefficient (Wildman–Crippen LogP) is 2.41. The van der Waals surface area contributed by atoms with Gasteiger partial charge in [0.1, 0.15) is 5.82 Å². The summed E-state index contributed by atoms with van der Waals surface area (Å²) in [5.74, 6) is 0.228. The highest BCUT2D eigenvalue weighted by atomic mass is 16.6.